The van der Waals surface area contributed by atoms with E-state index >= 15 is 0 Å². The van der Waals surface area contributed by atoms with E-state index in [1.54, 1.807) is 0 Å². The largest absolute Gasteiger partial charge is 0.384 e. The molecule has 0 saturated heterocycles. The molecule has 0 amide bonds. The molecule has 0 aliphatic rings. The van der Waals surface area contributed by atoms with Crippen LogP contribution in [0.4, 0.5) is 5.69 Å². The minimum absolute atomic E-state index is 0.207. The van der Waals surface area contributed by atoms with Crippen molar-refractivity contribution in [2.75, 3.05) is 11.9 Å². The Labute approximate surface area is 115 Å². The van der Waals surface area contributed by atoms with Gasteiger partial charge in [0.1, 0.15) is 0 Å². The lowest BCUT2D eigenvalue weighted by molar-refractivity contribution is 0.430. The Morgan fingerprint density at radius 3 is 2.72 bits per heavy atom. The smallest absolute Gasteiger partial charge is 0.0683 e. The van der Waals surface area contributed by atoms with E-state index in [2.05, 4.69) is 11.4 Å². The van der Waals surface area contributed by atoms with Gasteiger partial charge in [0, 0.05) is 6.54 Å². The van der Waals surface area contributed by atoms with Gasteiger partial charge < -0.3 is 5.32 Å². The van der Waals surface area contributed by atoms with Gasteiger partial charge in [-0.05, 0) is 45.2 Å². The normalized spacial score (nSPS) is 11.1. The number of nitriles is 1. The molecule has 98 valence electrons. The average Bonchev–Trinajstić information content (AvgIpc) is 2.34. The summed E-state index contributed by atoms with van der Waals surface area (Å²) in [5.74, 6) is 0. The first kappa shape index (κ1) is 14.9. The Morgan fingerprint density at radius 2 is 2.06 bits per heavy atom. The van der Waals surface area contributed by atoms with Crippen LogP contribution < -0.4 is 5.32 Å². The van der Waals surface area contributed by atoms with Gasteiger partial charge in [0.2, 0.25) is 0 Å². The van der Waals surface area contributed by atoms with Crippen LogP contribution in [-0.4, -0.2) is 6.54 Å². The van der Waals surface area contributed by atoms with Gasteiger partial charge in [0.25, 0.3) is 0 Å². The van der Waals surface area contributed by atoms with Crippen LogP contribution in [0.1, 0.15) is 38.7 Å². The van der Waals surface area contributed by atoms with Crippen molar-refractivity contribution in [3.63, 3.8) is 0 Å². The number of anilines is 1. The number of aryl methyl sites for hydroxylation is 1. The molecule has 0 atom stereocenters. The maximum atomic E-state index is 8.91. The average molecular weight is 265 g/mol. The highest BCUT2D eigenvalue weighted by molar-refractivity contribution is 6.33. The van der Waals surface area contributed by atoms with Crippen molar-refractivity contribution in [3.05, 3.63) is 28.8 Å². The van der Waals surface area contributed by atoms with Crippen LogP contribution in [-0.2, 0) is 0 Å². The molecule has 18 heavy (non-hydrogen) atoms. The summed E-state index contributed by atoms with van der Waals surface area (Å²) in [6.45, 7) is 6.86. The minimum atomic E-state index is -0.207. The summed E-state index contributed by atoms with van der Waals surface area (Å²) in [6, 6.07) is 8.32. The summed E-state index contributed by atoms with van der Waals surface area (Å²) in [4.78, 5) is 0. The van der Waals surface area contributed by atoms with E-state index in [0.29, 0.717) is 0 Å². The third-order valence-corrected chi connectivity index (χ3v) is 3.54. The van der Waals surface area contributed by atoms with Crippen LogP contribution in [0.25, 0.3) is 0 Å². The Morgan fingerprint density at radius 1 is 1.33 bits per heavy atom. The van der Waals surface area contributed by atoms with Gasteiger partial charge in [-0.25, -0.2) is 0 Å². The predicted molar refractivity (Wildman–Crippen MR) is 77.9 cm³/mol. The van der Waals surface area contributed by atoms with Crippen LogP contribution in [0.3, 0.4) is 0 Å². The van der Waals surface area contributed by atoms with E-state index in [1.807, 2.05) is 39.0 Å². The second kappa shape index (κ2) is 6.66. The topological polar surface area (TPSA) is 35.8 Å². The van der Waals surface area contributed by atoms with Gasteiger partial charge in [0.05, 0.1) is 22.2 Å². The van der Waals surface area contributed by atoms with Crippen molar-refractivity contribution >= 4 is 17.3 Å². The van der Waals surface area contributed by atoms with E-state index in [-0.39, 0.29) is 5.41 Å². The molecule has 0 spiro atoms. The fourth-order valence-corrected chi connectivity index (χ4v) is 1.95. The van der Waals surface area contributed by atoms with E-state index in [0.717, 1.165) is 42.1 Å². The van der Waals surface area contributed by atoms with Crippen molar-refractivity contribution < 1.29 is 0 Å². The molecule has 3 heteroatoms. The van der Waals surface area contributed by atoms with Gasteiger partial charge in [-0.3, -0.25) is 0 Å². The lowest BCUT2D eigenvalue weighted by Crippen LogP contribution is -2.09. The molecule has 2 nitrogen and oxygen atoms in total. The number of hydrogen-bond donors (Lipinski definition) is 1. The summed E-state index contributed by atoms with van der Waals surface area (Å²) in [7, 11) is 0. The fraction of sp³-hybridized carbons (Fsp3) is 0.533. The van der Waals surface area contributed by atoms with Crippen LogP contribution in [0, 0.1) is 23.7 Å². The van der Waals surface area contributed by atoms with Crippen molar-refractivity contribution in [1.82, 2.24) is 0 Å². The monoisotopic (exact) mass is 264 g/mol. The van der Waals surface area contributed by atoms with Crippen LogP contribution in [0.15, 0.2) is 18.2 Å². The molecule has 0 aliphatic carbocycles. The zero-order chi connectivity index (χ0) is 13.6. The van der Waals surface area contributed by atoms with Crippen molar-refractivity contribution in [2.45, 2.75) is 40.0 Å². The number of rotatable bonds is 6. The molecular formula is C15H21ClN2. The quantitative estimate of drug-likeness (QED) is 0.751. The maximum absolute atomic E-state index is 8.91. The van der Waals surface area contributed by atoms with E-state index in [4.69, 9.17) is 16.9 Å². The molecule has 1 aromatic carbocycles. The molecule has 0 unspecified atom stereocenters. The zero-order valence-corrected chi connectivity index (χ0v) is 12.1. The van der Waals surface area contributed by atoms with Gasteiger partial charge in [-0.2, -0.15) is 5.26 Å². The Balaban J connectivity index is 2.31. The van der Waals surface area contributed by atoms with Crippen molar-refractivity contribution in [3.8, 4) is 6.07 Å². The van der Waals surface area contributed by atoms with E-state index in [9.17, 15) is 0 Å². The molecule has 0 aliphatic heterocycles. The maximum Gasteiger partial charge on any atom is 0.0683 e. The SMILES string of the molecule is Cc1cccc(NCCCCC(C)(C)C#N)c1Cl. The number of benzene rings is 1. The molecule has 0 bridgehead atoms. The lowest BCUT2D eigenvalue weighted by atomic mass is 9.89. The molecular weight excluding hydrogens is 244 g/mol. The standard InChI is InChI=1S/C15H21ClN2/c1-12-7-6-8-13(14(12)16)18-10-5-4-9-15(2,3)11-17/h6-8,18H,4-5,9-10H2,1-3H3. The fourth-order valence-electron chi connectivity index (χ4n) is 1.75. The summed E-state index contributed by atoms with van der Waals surface area (Å²) in [5, 5.41) is 13.1. The van der Waals surface area contributed by atoms with E-state index in [1.165, 1.54) is 0 Å². The number of halogens is 1. The van der Waals surface area contributed by atoms with Crippen LogP contribution in [0.2, 0.25) is 5.02 Å². The number of unbranched alkanes of at least 4 members (excludes halogenated alkanes) is 1. The highest BCUT2D eigenvalue weighted by atomic mass is 35.5. The van der Waals surface area contributed by atoms with Crippen LogP contribution >= 0.6 is 11.6 Å². The highest BCUT2D eigenvalue weighted by Gasteiger charge is 2.15. The molecule has 0 saturated carbocycles. The molecule has 0 fully saturated rings. The summed E-state index contributed by atoms with van der Waals surface area (Å²) in [6.07, 6.45) is 3.04. The minimum Gasteiger partial charge on any atom is -0.384 e. The summed E-state index contributed by atoms with van der Waals surface area (Å²) < 4.78 is 0. The first-order valence-electron chi connectivity index (χ1n) is 6.36. The highest BCUT2D eigenvalue weighted by Crippen LogP contribution is 2.25. The Bertz CT molecular complexity index is 433. The molecule has 0 aromatic heterocycles. The van der Waals surface area contributed by atoms with Gasteiger partial charge in [0.15, 0.2) is 0 Å². The van der Waals surface area contributed by atoms with Gasteiger partial charge in [-0.1, -0.05) is 30.2 Å². The Kier molecular flexibility index (Phi) is 5.50. The first-order valence-corrected chi connectivity index (χ1v) is 6.74. The van der Waals surface area contributed by atoms with Crippen LogP contribution in [0.5, 0.6) is 0 Å². The van der Waals surface area contributed by atoms with Crippen molar-refractivity contribution in [1.29, 1.82) is 5.26 Å². The summed E-state index contributed by atoms with van der Waals surface area (Å²) >= 11 is 6.20. The number of nitrogens with zero attached hydrogens (tertiary/aromatic N) is 1. The lowest BCUT2D eigenvalue weighted by Gasteiger charge is -2.15. The van der Waals surface area contributed by atoms with Crippen molar-refractivity contribution in [2.24, 2.45) is 5.41 Å². The molecule has 1 aromatic rings. The molecule has 0 radical (unpaired) electrons. The second-order valence-electron chi connectivity index (χ2n) is 5.32. The third kappa shape index (κ3) is 4.58. The molecule has 0 heterocycles. The number of hydrogen-bond acceptors (Lipinski definition) is 2. The molecule has 1 N–H and O–H groups in total. The number of nitrogens with one attached hydrogen (secondary N) is 1. The predicted octanol–water partition coefficient (Wildman–Crippen LogP) is 4.78. The third-order valence-electron chi connectivity index (χ3n) is 3.04. The summed E-state index contributed by atoms with van der Waals surface area (Å²) in [5.41, 5.74) is 1.88. The first-order chi connectivity index (χ1) is 8.46. The van der Waals surface area contributed by atoms with Gasteiger partial charge >= 0.3 is 0 Å². The van der Waals surface area contributed by atoms with E-state index < -0.39 is 0 Å². The Hall–Kier alpha value is -1.20. The second-order valence-corrected chi connectivity index (χ2v) is 5.69. The zero-order valence-electron chi connectivity index (χ0n) is 11.4. The van der Waals surface area contributed by atoms with Gasteiger partial charge in [-0.15, -0.1) is 0 Å². The molecule has 1 rings (SSSR count).